The number of amides is 2. The summed E-state index contributed by atoms with van der Waals surface area (Å²) in [4.78, 5) is 28.1. The van der Waals surface area contributed by atoms with Gasteiger partial charge in [-0.3, -0.25) is 9.59 Å². The SMILES string of the molecule is CN(C)C(=O)C1CN(C(=O)/C=C/c2ccc(Cl)cc2)c2ccccc2O1. The molecular formula is C20H19ClN2O3. The topological polar surface area (TPSA) is 49.9 Å². The minimum atomic E-state index is -0.729. The molecule has 1 unspecified atom stereocenters. The molecule has 1 atom stereocenters. The van der Waals surface area contributed by atoms with E-state index in [2.05, 4.69) is 0 Å². The smallest absolute Gasteiger partial charge is 0.265 e. The second-order valence-corrected chi connectivity index (χ2v) is 6.58. The lowest BCUT2D eigenvalue weighted by Gasteiger charge is -2.34. The molecule has 0 fully saturated rings. The molecule has 0 bridgehead atoms. The molecule has 0 N–H and O–H groups in total. The second-order valence-electron chi connectivity index (χ2n) is 6.14. The third-order valence-corrected chi connectivity index (χ3v) is 4.30. The Morgan fingerprint density at radius 2 is 1.85 bits per heavy atom. The number of hydrogen-bond donors (Lipinski definition) is 0. The molecule has 2 aromatic carbocycles. The molecule has 26 heavy (non-hydrogen) atoms. The summed E-state index contributed by atoms with van der Waals surface area (Å²) in [6, 6.07) is 14.4. The lowest BCUT2D eigenvalue weighted by atomic mass is 10.1. The predicted molar refractivity (Wildman–Crippen MR) is 102 cm³/mol. The van der Waals surface area contributed by atoms with Gasteiger partial charge in [0.25, 0.3) is 11.8 Å². The van der Waals surface area contributed by atoms with Crippen molar-refractivity contribution in [1.29, 1.82) is 0 Å². The van der Waals surface area contributed by atoms with Gasteiger partial charge in [0.1, 0.15) is 5.75 Å². The van der Waals surface area contributed by atoms with Gasteiger partial charge in [0.05, 0.1) is 12.2 Å². The van der Waals surface area contributed by atoms with Crippen LogP contribution in [0.3, 0.4) is 0 Å². The summed E-state index contributed by atoms with van der Waals surface area (Å²) in [6.07, 6.45) is 2.48. The van der Waals surface area contributed by atoms with Crippen molar-refractivity contribution in [3.8, 4) is 5.75 Å². The predicted octanol–water partition coefficient (Wildman–Crippen LogP) is 3.24. The van der Waals surface area contributed by atoms with Crippen LogP contribution in [0.5, 0.6) is 5.75 Å². The largest absolute Gasteiger partial charge is 0.476 e. The van der Waals surface area contributed by atoms with Crippen molar-refractivity contribution >= 4 is 35.2 Å². The fourth-order valence-electron chi connectivity index (χ4n) is 2.69. The number of carbonyl (C=O) groups excluding carboxylic acids is 2. The molecule has 5 nitrogen and oxygen atoms in total. The number of nitrogens with zero attached hydrogens (tertiary/aromatic N) is 2. The summed E-state index contributed by atoms with van der Waals surface area (Å²) < 4.78 is 5.79. The Kier molecular flexibility index (Phi) is 5.28. The average Bonchev–Trinajstić information content (AvgIpc) is 2.65. The second kappa shape index (κ2) is 7.62. The van der Waals surface area contributed by atoms with Crippen LogP contribution in [0.25, 0.3) is 6.08 Å². The van der Waals surface area contributed by atoms with Gasteiger partial charge in [0.2, 0.25) is 0 Å². The van der Waals surface area contributed by atoms with E-state index < -0.39 is 6.10 Å². The highest BCUT2D eigenvalue weighted by atomic mass is 35.5. The average molecular weight is 371 g/mol. The zero-order valence-corrected chi connectivity index (χ0v) is 15.3. The van der Waals surface area contributed by atoms with Gasteiger partial charge in [-0.15, -0.1) is 0 Å². The molecule has 6 heteroatoms. The van der Waals surface area contributed by atoms with E-state index in [9.17, 15) is 9.59 Å². The molecule has 1 aliphatic rings. The molecule has 0 spiro atoms. The van der Waals surface area contributed by atoms with E-state index in [1.54, 1.807) is 49.3 Å². The van der Waals surface area contributed by atoms with Gasteiger partial charge >= 0.3 is 0 Å². The van der Waals surface area contributed by atoms with Crippen LogP contribution in [-0.2, 0) is 9.59 Å². The van der Waals surface area contributed by atoms with Crippen LogP contribution >= 0.6 is 11.6 Å². The van der Waals surface area contributed by atoms with Crippen molar-refractivity contribution in [2.75, 3.05) is 25.5 Å². The van der Waals surface area contributed by atoms with E-state index in [1.807, 2.05) is 24.3 Å². The van der Waals surface area contributed by atoms with Crippen molar-refractivity contribution in [1.82, 2.24) is 4.90 Å². The highest BCUT2D eigenvalue weighted by Gasteiger charge is 2.33. The van der Waals surface area contributed by atoms with Crippen molar-refractivity contribution in [2.45, 2.75) is 6.10 Å². The molecule has 1 heterocycles. The number of rotatable bonds is 3. The van der Waals surface area contributed by atoms with E-state index >= 15 is 0 Å². The Balaban J connectivity index is 1.85. The Labute approximate surface area is 157 Å². The van der Waals surface area contributed by atoms with E-state index in [0.717, 1.165) is 5.56 Å². The van der Waals surface area contributed by atoms with Gasteiger partial charge in [-0.25, -0.2) is 0 Å². The highest BCUT2D eigenvalue weighted by molar-refractivity contribution is 6.30. The summed E-state index contributed by atoms with van der Waals surface area (Å²) >= 11 is 5.87. The van der Waals surface area contributed by atoms with Gasteiger partial charge < -0.3 is 14.5 Å². The maximum atomic E-state index is 12.8. The van der Waals surface area contributed by atoms with Gasteiger partial charge in [0, 0.05) is 25.2 Å². The van der Waals surface area contributed by atoms with Crippen LogP contribution < -0.4 is 9.64 Å². The van der Waals surface area contributed by atoms with Crippen LogP contribution in [0.2, 0.25) is 5.02 Å². The number of benzene rings is 2. The maximum Gasteiger partial charge on any atom is 0.265 e. The lowest BCUT2D eigenvalue weighted by Crippen LogP contribution is -2.50. The van der Waals surface area contributed by atoms with E-state index in [-0.39, 0.29) is 18.4 Å². The molecule has 1 aliphatic heterocycles. The molecule has 2 aromatic rings. The number of carbonyl (C=O) groups is 2. The van der Waals surface area contributed by atoms with Crippen LogP contribution in [0.15, 0.2) is 54.6 Å². The molecule has 0 saturated carbocycles. The van der Waals surface area contributed by atoms with E-state index in [0.29, 0.717) is 16.5 Å². The van der Waals surface area contributed by atoms with E-state index in [1.165, 1.54) is 11.0 Å². The summed E-state index contributed by atoms with van der Waals surface area (Å²) in [5.41, 5.74) is 1.52. The zero-order chi connectivity index (χ0) is 18.7. The van der Waals surface area contributed by atoms with Crippen LogP contribution in [-0.4, -0.2) is 43.5 Å². The van der Waals surface area contributed by atoms with Crippen LogP contribution in [0.4, 0.5) is 5.69 Å². The first-order chi connectivity index (χ1) is 12.5. The highest BCUT2D eigenvalue weighted by Crippen LogP contribution is 2.33. The Bertz CT molecular complexity index is 846. The summed E-state index contributed by atoms with van der Waals surface area (Å²) in [5.74, 6) is 0.124. The van der Waals surface area contributed by atoms with Crippen molar-refractivity contribution < 1.29 is 14.3 Å². The van der Waals surface area contributed by atoms with Gasteiger partial charge in [-0.2, -0.15) is 0 Å². The fraction of sp³-hybridized carbons (Fsp3) is 0.200. The van der Waals surface area contributed by atoms with Gasteiger partial charge in [-0.1, -0.05) is 35.9 Å². The third kappa shape index (κ3) is 3.89. The van der Waals surface area contributed by atoms with Crippen molar-refractivity contribution in [2.24, 2.45) is 0 Å². The molecule has 3 rings (SSSR count). The molecule has 2 amide bonds. The summed E-state index contributed by atoms with van der Waals surface area (Å²) in [5, 5.41) is 0.639. The summed E-state index contributed by atoms with van der Waals surface area (Å²) in [6.45, 7) is 0.165. The Hall–Kier alpha value is -2.79. The van der Waals surface area contributed by atoms with Crippen molar-refractivity contribution in [3.05, 3.63) is 65.2 Å². The first-order valence-electron chi connectivity index (χ1n) is 8.17. The Morgan fingerprint density at radius 1 is 1.15 bits per heavy atom. The Morgan fingerprint density at radius 3 is 2.54 bits per heavy atom. The minimum absolute atomic E-state index is 0.165. The number of hydrogen-bond acceptors (Lipinski definition) is 3. The lowest BCUT2D eigenvalue weighted by molar-refractivity contribution is -0.136. The minimum Gasteiger partial charge on any atom is -0.476 e. The maximum absolute atomic E-state index is 12.8. The van der Waals surface area contributed by atoms with Gasteiger partial charge in [0.15, 0.2) is 6.10 Å². The molecule has 134 valence electrons. The van der Waals surface area contributed by atoms with Crippen molar-refractivity contribution in [3.63, 3.8) is 0 Å². The quantitative estimate of drug-likeness (QED) is 0.779. The third-order valence-electron chi connectivity index (χ3n) is 4.04. The molecule has 0 saturated heterocycles. The molecule has 0 aromatic heterocycles. The number of anilines is 1. The number of halogens is 1. The van der Waals surface area contributed by atoms with Gasteiger partial charge in [-0.05, 0) is 35.9 Å². The van der Waals surface area contributed by atoms with Crippen LogP contribution in [0.1, 0.15) is 5.56 Å². The fourth-order valence-corrected chi connectivity index (χ4v) is 2.82. The zero-order valence-electron chi connectivity index (χ0n) is 14.6. The standard InChI is InChI=1S/C20H19ClN2O3/c1-22(2)20(25)18-13-23(16-5-3-4-6-17(16)26-18)19(24)12-9-14-7-10-15(21)11-8-14/h3-12,18H,13H2,1-2H3/b12-9+. The number of ether oxygens (including phenoxy) is 1. The summed E-state index contributed by atoms with van der Waals surface area (Å²) in [7, 11) is 3.33. The van der Waals surface area contributed by atoms with E-state index in [4.69, 9.17) is 16.3 Å². The number of para-hydroxylation sites is 2. The molecular weight excluding hydrogens is 352 g/mol. The molecule has 0 radical (unpaired) electrons. The first-order valence-corrected chi connectivity index (χ1v) is 8.55. The number of likely N-dealkylation sites (N-methyl/N-ethyl adjacent to an activating group) is 1. The number of fused-ring (bicyclic) bond motifs is 1. The normalized spacial score (nSPS) is 16.1. The van der Waals surface area contributed by atoms with Crippen LogP contribution in [0, 0.1) is 0 Å². The first kappa shape index (κ1) is 18.0. The monoisotopic (exact) mass is 370 g/mol. The molecule has 0 aliphatic carbocycles.